The molecule has 0 saturated carbocycles. The predicted octanol–water partition coefficient (Wildman–Crippen LogP) is 2.51. The summed E-state index contributed by atoms with van der Waals surface area (Å²) in [6.45, 7) is 11.8. The van der Waals surface area contributed by atoms with Crippen molar-refractivity contribution in [1.29, 1.82) is 0 Å². The molecule has 0 spiro atoms. The van der Waals surface area contributed by atoms with Gasteiger partial charge in [0.15, 0.2) is 0 Å². The van der Waals surface area contributed by atoms with E-state index in [2.05, 4.69) is 26.6 Å². The Morgan fingerprint density at radius 2 is 1.87 bits per heavy atom. The first kappa shape index (κ1) is 21.5. The molecule has 2 aromatic rings. The molecule has 0 bridgehead atoms. The lowest BCUT2D eigenvalue weighted by Gasteiger charge is -2.38. The summed E-state index contributed by atoms with van der Waals surface area (Å²) in [5.41, 5.74) is 1.00. The van der Waals surface area contributed by atoms with E-state index in [0.29, 0.717) is 19.1 Å². The molecule has 164 valence electrons. The van der Waals surface area contributed by atoms with E-state index in [4.69, 9.17) is 4.98 Å². The molecule has 1 amide bonds. The maximum absolute atomic E-state index is 12.8. The molecule has 0 aliphatic carbocycles. The zero-order valence-corrected chi connectivity index (χ0v) is 19.2. The number of hydrogen-bond acceptors (Lipinski definition) is 6. The lowest BCUT2D eigenvalue weighted by Crippen LogP contribution is -2.52. The summed E-state index contributed by atoms with van der Waals surface area (Å²) in [6.07, 6.45) is 4.58. The molecule has 2 saturated heterocycles. The van der Waals surface area contributed by atoms with Gasteiger partial charge in [-0.15, -0.1) is 11.3 Å². The topological polar surface area (TPSA) is 72.5 Å². The van der Waals surface area contributed by atoms with Gasteiger partial charge in [0.2, 0.25) is 5.91 Å². The summed E-state index contributed by atoms with van der Waals surface area (Å²) >= 11 is 1.59. The van der Waals surface area contributed by atoms with Gasteiger partial charge in [0.25, 0.3) is 5.56 Å². The number of amides is 1. The fourth-order valence-corrected chi connectivity index (χ4v) is 5.78. The largest absolute Gasteiger partial charge is 0.339 e. The summed E-state index contributed by atoms with van der Waals surface area (Å²) in [5.74, 6) is 1.02. The number of piperazine rings is 1. The van der Waals surface area contributed by atoms with Gasteiger partial charge in [-0.3, -0.25) is 19.4 Å². The number of carbonyl (C=O) groups excluding carboxylic acids is 1. The highest BCUT2D eigenvalue weighted by atomic mass is 32.1. The van der Waals surface area contributed by atoms with Crippen molar-refractivity contribution in [3.05, 3.63) is 26.6 Å². The normalized spacial score (nSPS) is 21.4. The quantitative estimate of drug-likeness (QED) is 0.788. The van der Waals surface area contributed by atoms with E-state index in [1.165, 1.54) is 6.42 Å². The molecule has 4 heterocycles. The Kier molecular flexibility index (Phi) is 6.55. The van der Waals surface area contributed by atoms with Gasteiger partial charge in [-0.05, 0) is 45.1 Å². The van der Waals surface area contributed by atoms with Gasteiger partial charge in [-0.1, -0.05) is 6.92 Å². The molecule has 1 atom stereocenters. The van der Waals surface area contributed by atoms with Crippen LogP contribution in [0.2, 0.25) is 0 Å². The number of likely N-dealkylation sites (tertiary alicyclic amines) is 1. The molecule has 2 aliphatic rings. The average molecular weight is 432 g/mol. The third-order valence-electron chi connectivity index (χ3n) is 6.70. The predicted molar refractivity (Wildman–Crippen MR) is 121 cm³/mol. The van der Waals surface area contributed by atoms with Crippen LogP contribution in [0, 0.1) is 13.8 Å². The number of piperidine rings is 1. The van der Waals surface area contributed by atoms with Crippen LogP contribution in [-0.2, 0) is 11.3 Å². The zero-order valence-electron chi connectivity index (χ0n) is 18.4. The van der Waals surface area contributed by atoms with E-state index in [9.17, 15) is 9.59 Å². The highest BCUT2D eigenvalue weighted by Gasteiger charge is 2.27. The van der Waals surface area contributed by atoms with Gasteiger partial charge in [0.1, 0.15) is 10.7 Å². The van der Waals surface area contributed by atoms with Crippen molar-refractivity contribution >= 4 is 27.5 Å². The lowest BCUT2D eigenvalue weighted by molar-refractivity contribution is -0.136. The van der Waals surface area contributed by atoms with Gasteiger partial charge in [-0.25, -0.2) is 4.98 Å². The smallest absolute Gasteiger partial charge is 0.259 e. The number of H-pyrrole nitrogens is 1. The zero-order chi connectivity index (χ0) is 21.3. The number of rotatable bonds is 5. The number of aromatic nitrogens is 2. The van der Waals surface area contributed by atoms with Crippen LogP contribution in [0.1, 0.15) is 48.9 Å². The van der Waals surface area contributed by atoms with Crippen molar-refractivity contribution in [2.75, 3.05) is 39.3 Å². The molecule has 0 unspecified atom stereocenters. The van der Waals surface area contributed by atoms with E-state index in [1.807, 2.05) is 13.8 Å². The van der Waals surface area contributed by atoms with Gasteiger partial charge in [0, 0.05) is 43.6 Å². The SMILES string of the molecule is CC[C@H]1CCCCN1C(=O)CN1CCN(Cc2nc3sc(C)c(C)c3c(=O)[nH]2)CC1. The molecule has 2 fully saturated rings. The standard InChI is InChI=1S/C22H33N5O2S/c1-4-17-7-5-6-8-27(17)19(28)14-26-11-9-25(10-12-26)13-18-23-21(29)20-15(2)16(3)30-22(20)24-18/h17H,4-14H2,1-3H3,(H,23,24,29)/t17-/m0/s1. The lowest BCUT2D eigenvalue weighted by atomic mass is 10.00. The molecule has 7 nitrogen and oxygen atoms in total. The van der Waals surface area contributed by atoms with Crippen molar-refractivity contribution in [2.45, 2.75) is 59.0 Å². The maximum atomic E-state index is 12.8. The van der Waals surface area contributed by atoms with Crippen LogP contribution in [0.3, 0.4) is 0 Å². The van der Waals surface area contributed by atoms with E-state index in [1.54, 1.807) is 11.3 Å². The number of hydrogen-bond donors (Lipinski definition) is 1. The first-order chi connectivity index (χ1) is 14.5. The monoisotopic (exact) mass is 431 g/mol. The van der Waals surface area contributed by atoms with Crippen LogP contribution in [0.25, 0.3) is 10.2 Å². The first-order valence-electron chi connectivity index (χ1n) is 11.2. The molecular formula is C22H33N5O2S. The van der Waals surface area contributed by atoms with Gasteiger partial charge >= 0.3 is 0 Å². The first-order valence-corrected chi connectivity index (χ1v) is 12.0. The molecule has 4 rings (SSSR count). The molecule has 0 radical (unpaired) electrons. The Morgan fingerprint density at radius 1 is 1.13 bits per heavy atom. The molecule has 30 heavy (non-hydrogen) atoms. The van der Waals surface area contributed by atoms with Crippen molar-refractivity contribution in [1.82, 2.24) is 24.7 Å². The minimum Gasteiger partial charge on any atom is -0.339 e. The molecule has 2 aromatic heterocycles. The second kappa shape index (κ2) is 9.16. The number of nitrogens with one attached hydrogen (secondary N) is 1. The highest BCUT2D eigenvalue weighted by Crippen LogP contribution is 2.26. The Balaban J connectivity index is 1.32. The van der Waals surface area contributed by atoms with E-state index < -0.39 is 0 Å². The molecular weight excluding hydrogens is 398 g/mol. The highest BCUT2D eigenvalue weighted by molar-refractivity contribution is 7.18. The summed E-state index contributed by atoms with van der Waals surface area (Å²) in [6, 6.07) is 0.426. The summed E-state index contributed by atoms with van der Waals surface area (Å²) in [7, 11) is 0. The Labute approximate surface area is 182 Å². The third-order valence-corrected chi connectivity index (χ3v) is 7.81. The van der Waals surface area contributed by atoms with Crippen LogP contribution >= 0.6 is 11.3 Å². The van der Waals surface area contributed by atoms with Crippen molar-refractivity contribution < 1.29 is 4.79 Å². The van der Waals surface area contributed by atoms with Crippen molar-refractivity contribution in [2.24, 2.45) is 0 Å². The van der Waals surface area contributed by atoms with Crippen molar-refractivity contribution in [3.63, 3.8) is 0 Å². The Hall–Kier alpha value is -1.77. The van der Waals surface area contributed by atoms with E-state index in [0.717, 1.165) is 78.5 Å². The van der Waals surface area contributed by atoms with Crippen LogP contribution in [-0.4, -0.2) is 75.9 Å². The fraction of sp³-hybridized carbons (Fsp3) is 0.682. The van der Waals surface area contributed by atoms with Gasteiger partial charge < -0.3 is 9.88 Å². The summed E-state index contributed by atoms with van der Waals surface area (Å²) in [4.78, 5) is 41.7. The van der Waals surface area contributed by atoms with Crippen LogP contribution in [0.15, 0.2) is 4.79 Å². The molecule has 2 aliphatic heterocycles. The third kappa shape index (κ3) is 4.45. The number of fused-ring (bicyclic) bond motifs is 1. The van der Waals surface area contributed by atoms with Crippen molar-refractivity contribution in [3.8, 4) is 0 Å². The van der Waals surface area contributed by atoms with E-state index in [-0.39, 0.29) is 11.5 Å². The average Bonchev–Trinajstić information content (AvgIpc) is 3.03. The number of nitrogens with zero attached hydrogens (tertiary/aromatic N) is 4. The number of aromatic amines is 1. The number of thiophene rings is 1. The van der Waals surface area contributed by atoms with Gasteiger partial charge in [-0.2, -0.15) is 0 Å². The fourth-order valence-electron chi connectivity index (χ4n) is 4.73. The van der Waals surface area contributed by atoms with Crippen LogP contribution in [0.4, 0.5) is 0 Å². The second-order valence-electron chi connectivity index (χ2n) is 8.67. The van der Waals surface area contributed by atoms with Crippen LogP contribution < -0.4 is 5.56 Å². The number of carbonyl (C=O) groups is 1. The number of aryl methyl sites for hydroxylation is 2. The van der Waals surface area contributed by atoms with Gasteiger partial charge in [0.05, 0.1) is 18.5 Å². The van der Waals surface area contributed by atoms with Crippen LogP contribution in [0.5, 0.6) is 0 Å². The molecule has 1 N–H and O–H groups in total. The second-order valence-corrected chi connectivity index (χ2v) is 9.88. The van der Waals surface area contributed by atoms with E-state index >= 15 is 0 Å². The molecule has 0 aromatic carbocycles. The Bertz CT molecular complexity index is 960. The minimum absolute atomic E-state index is 0.0342. The maximum Gasteiger partial charge on any atom is 0.259 e. The summed E-state index contributed by atoms with van der Waals surface area (Å²) in [5, 5.41) is 0.729. The summed E-state index contributed by atoms with van der Waals surface area (Å²) < 4.78 is 0. The molecule has 8 heteroatoms. The minimum atomic E-state index is -0.0342. The Morgan fingerprint density at radius 3 is 2.60 bits per heavy atom.